The summed E-state index contributed by atoms with van der Waals surface area (Å²) in [5, 5.41) is 2.68. The number of amides is 1. The van der Waals surface area contributed by atoms with Crippen molar-refractivity contribution in [2.24, 2.45) is 0 Å². The monoisotopic (exact) mass is 401 g/mol. The molecule has 0 radical (unpaired) electrons. The first-order chi connectivity index (χ1) is 13.9. The fourth-order valence-corrected chi connectivity index (χ4v) is 2.71. The van der Waals surface area contributed by atoms with Gasteiger partial charge in [0.2, 0.25) is 11.7 Å². The highest BCUT2D eigenvalue weighted by atomic mass is 16.5. The SMILES string of the molecule is CC(C)OC(=O)[C@H](CCC(=O)C=[N+]=[N-])NC(=O)[C@H](Cc1ccccc1)OC1CC1. The van der Waals surface area contributed by atoms with Gasteiger partial charge < -0.3 is 20.3 Å². The van der Waals surface area contributed by atoms with Crippen LogP contribution in [0.1, 0.15) is 45.1 Å². The molecule has 0 unspecified atom stereocenters. The highest BCUT2D eigenvalue weighted by molar-refractivity contribution is 6.25. The van der Waals surface area contributed by atoms with E-state index in [1.54, 1.807) is 13.8 Å². The van der Waals surface area contributed by atoms with Crippen LogP contribution in [0.4, 0.5) is 0 Å². The highest BCUT2D eigenvalue weighted by Crippen LogP contribution is 2.26. The summed E-state index contributed by atoms with van der Waals surface area (Å²) in [6, 6.07) is 8.49. The van der Waals surface area contributed by atoms with E-state index in [1.807, 2.05) is 30.3 Å². The van der Waals surface area contributed by atoms with Gasteiger partial charge in [-0.2, -0.15) is 4.79 Å². The summed E-state index contributed by atoms with van der Waals surface area (Å²) in [5.74, 6) is -1.50. The third kappa shape index (κ3) is 8.37. The Morgan fingerprint density at radius 1 is 1.24 bits per heavy atom. The maximum absolute atomic E-state index is 12.9. The van der Waals surface area contributed by atoms with Gasteiger partial charge in [0.15, 0.2) is 0 Å². The zero-order chi connectivity index (χ0) is 21.2. The number of hydrogen-bond acceptors (Lipinski definition) is 5. The van der Waals surface area contributed by atoms with Gasteiger partial charge in [0.05, 0.1) is 12.2 Å². The Labute approximate surface area is 170 Å². The minimum Gasteiger partial charge on any atom is -0.461 e. The van der Waals surface area contributed by atoms with Gasteiger partial charge in [-0.1, -0.05) is 30.3 Å². The van der Waals surface area contributed by atoms with Gasteiger partial charge in [0.1, 0.15) is 12.1 Å². The number of esters is 1. The lowest BCUT2D eigenvalue weighted by molar-refractivity contribution is -0.153. The smallest absolute Gasteiger partial charge is 0.328 e. The molecule has 1 aromatic rings. The minimum atomic E-state index is -0.998. The molecule has 1 aromatic carbocycles. The van der Waals surface area contributed by atoms with Crippen LogP contribution in [0, 0.1) is 0 Å². The van der Waals surface area contributed by atoms with E-state index >= 15 is 0 Å². The molecule has 1 saturated carbocycles. The number of rotatable bonds is 12. The van der Waals surface area contributed by atoms with Crippen molar-refractivity contribution >= 4 is 23.9 Å². The first-order valence-electron chi connectivity index (χ1n) is 9.79. The van der Waals surface area contributed by atoms with Crippen molar-refractivity contribution in [2.45, 2.75) is 70.3 Å². The van der Waals surface area contributed by atoms with Gasteiger partial charge >= 0.3 is 12.2 Å². The second-order valence-electron chi connectivity index (χ2n) is 7.31. The van der Waals surface area contributed by atoms with Crippen molar-refractivity contribution in [2.75, 3.05) is 0 Å². The van der Waals surface area contributed by atoms with E-state index in [-0.39, 0.29) is 25.0 Å². The Morgan fingerprint density at radius 3 is 2.52 bits per heavy atom. The van der Waals surface area contributed by atoms with E-state index in [0.717, 1.165) is 24.6 Å². The molecule has 0 bridgehead atoms. The van der Waals surface area contributed by atoms with Gasteiger partial charge in [-0.15, -0.1) is 0 Å². The lowest BCUT2D eigenvalue weighted by Crippen LogP contribution is -2.48. The average Bonchev–Trinajstić information content (AvgIpc) is 3.49. The lowest BCUT2D eigenvalue weighted by Gasteiger charge is -2.23. The summed E-state index contributed by atoms with van der Waals surface area (Å²) >= 11 is 0. The van der Waals surface area contributed by atoms with E-state index in [1.165, 1.54) is 0 Å². The normalized spacial score (nSPS) is 15.1. The van der Waals surface area contributed by atoms with Gasteiger partial charge in [-0.25, -0.2) is 4.79 Å². The quantitative estimate of drug-likeness (QED) is 0.248. The van der Waals surface area contributed by atoms with Gasteiger partial charge in [-0.05, 0) is 38.7 Å². The number of Topliss-reactive ketones (excluding diaryl/α,β-unsaturated/α-hetero) is 1. The number of ether oxygens (including phenoxy) is 2. The van der Waals surface area contributed by atoms with Crippen molar-refractivity contribution < 1.29 is 28.6 Å². The Morgan fingerprint density at radius 2 is 1.93 bits per heavy atom. The predicted molar refractivity (Wildman–Crippen MR) is 105 cm³/mol. The fraction of sp³-hybridized carbons (Fsp3) is 0.524. The molecule has 1 amide bonds. The topological polar surface area (TPSA) is 118 Å². The van der Waals surface area contributed by atoms with Gasteiger partial charge in [0.25, 0.3) is 0 Å². The van der Waals surface area contributed by atoms with Crippen molar-refractivity contribution in [3.05, 3.63) is 41.4 Å². The Bertz CT molecular complexity index is 755. The van der Waals surface area contributed by atoms with Crippen LogP contribution in [-0.2, 0) is 30.3 Å². The molecule has 0 heterocycles. The molecular weight excluding hydrogens is 374 g/mol. The maximum Gasteiger partial charge on any atom is 0.328 e. The fourth-order valence-electron chi connectivity index (χ4n) is 2.71. The number of ketones is 1. The number of carbonyl (C=O) groups is 3. The number of nitrogens with zero attached hydrogens (tertiary/aromatic N) is 2. The zero-order valence-electron chi connectivity index (χ0n) is 16.7. The highest BCUT2D eigenvalue weighted by Gasteiger charge is 2.33. The van der Waals surface area contributed by atoms with Crippen LogP contribution in [0.5, 0.6) is 0 Å². The van der Waals surface area contributed by atoms with E-state index < -0.39 is 29.8 Å². The zero-order valence-corrected chi connectivity index (χ0v) is 16.7. The molecule has 0 aliphatic heterocycles. The maximum atomic E-state index is 12.9. The molecule has 1 aliphatic carbocycles. The number of nitrogens with one attached hydrogen (secondary N) is 1. The molecule has 8 nitrogen and oxygen atoms in total. The van der Waals surface area contributed by atoms with Crippen molar-refractivity contribution in [3.8, 4) is 0 Å². The van der Waals surface area contributed by atoms with Crippen LogP contribution in [-0.4, -0.2) is 53.0 Å². The molecule has 29 heavy (non-hydrogen) atoms. The number of benzene rings is 1. The van der Waals surface area contributed by atoms with Crippen molar-refractivity contribution in [3.63, 3.8) is 0 Å². The standard InChI is InChI=1S/C21H27N3O5/c1-14(2)28-21(27)18(11-8-16(25)13-23-22)24-20(26)19(29-17-9-10-17)12-15-6-4-3-5-7-15/h3-7,13-14,17-19H,8-12H2,1-2H3,(H,24,26)/t18-,19-/m0/s1. The van der Waals surface area contributed by atoms with E-state index in [4.69, 9.17) is 15.0 Å². The summed E-state index contributed by atoms with van der Waals surface area (Å²) in [6.07, 6.45) is 1.87. The van der Waals surface area contributed by atoms with Crippen LogP contribution in [0.2, 0.25) is 0 Å². The van der Waals surface area contributed by atoms with E-state index in [2.05, 4.69) is 10.1 Å². The Balaban J connectivity index is 2.06. The summed E-state index contributed by atoms with van der Waals surface area (Å²) < 4.78 is 11.1. The van der Waals surface area contributed by atoms with E-state index in [9.17, 15) is 14.4 Å². The molecule has 1 N–H and O–H groups in total. The third-order valence-electron chi connectivity index (χ3n) is 4.27. The van der Waals surface area contributed by atoms with Gasteiger partial charge in [-0.3, -0.25) is 9.59 Å². The molecule has 2 rings (SSSR count). The lowest BCUT2D eigenvalue weighted by atomic mass is 10.1. The molecule has 0 saturated heterocycles. The molecule has 1 fully saturated rings. The summed E-state index contributed by atoms with van der Waals surface area (Å²) in [4.78, 5) is 39.6. The van der Waals surface area contributed by atoms with Crippen LogP contribution in [0.15, 0.2) is 30.3 Å². The van der Waals surface area contributed by atoms with Gasteiger partial charge in [0, 0.05) is 12.8 Å². The average molecular weight is 401 g/mol. The molecule has 2 atom stereocenters. The molecule has 8 heteroatoms. The second kappa shape index (κ2) is 11.2. The largest absolute Gasteiger partial charge is 0.461 e. The molecule has 1 aliphatic rings. The molecular formula is C21H27N3O5. The summed E-state index contributed by atoms with van der Waals surface area (Å²) in [6.45, 7) is 3.41. The van der Waals surface area contributed by atoms with Crippen molar-refractivity contribution in [1.29, 1.82) is 0 Å². The summed E-state index contributed by atoms with van der Waals surface area (Å²) in [7, 11) is 0. The molecule has 156 valence electrons. The van der Waals surface area contributed by atoms with Crippen LogP contribution in [0.3, 0.4) is 0 Å². The van der Waals surface area contributed by atoms with Crippen LogP contribution in [0.25, 0.3) is 5.53 Å². The summed E-state index contributed by atoms with van der Waals surface area (Å²) in [5.41, 5.74) is 9.40. The first kappa shape index (κ1) is 22.5. The van der Waals surface area contributed by atoms with Crippen LogP contribution >= 0.6 is 0 Å². The number of hydrogen-bond donors (Lipinski definition) is 1. The Hall–Kier alpha value is -2.83. The third-order valence-corrected chi connectivity index (χ3v) is 4.27. The molecule has 0 aromatic heterocycles. The number of carbonyl (C=O) groups excluding carboxylic acids is 3. The second-order valence-corrected chi connectivity index (χ2v) is 7.31. The Kier molecular flexibility index (Phi) is 8.70. The molecule has 0 spiro atoms. The van der Waals surface area contributed by atoms with E-state index in [0.29, 0.717) is 6.42 Å². The predicted octanol–water partition coefficient (Wildman–Crippen LogP) is 1.86. The van der Waals surface area contributed by atoms with Crippen molar-refractivity contribution in [1.82, 2.24) is 5.32 Å². The first-order valence-corrected chi connectivity index (χ1v) is 9.79. The minimum absolute atomic E-state index is 0.0314. The van der Waals surface area contributed by atoms with Crippen LogP contribution < -0.4 is 5.32 Å².